The molecule has 15 heavy (non-hydrogen) atoms. The third-order valence-corrected chi connectivity index (χ3v) is 2.53. The van der Waals surface area contributed by atoms with Crippen LogP contribution in [0.5, 0.6) is 5.75 Å². The molecule has 0 bridgehead atoms. The van der Waals surface area contributed by atoms with E-state index in [1.807, 2.05) is 17.7 Å². The summed E-state index contributed by atoms with van der Waals surface area (Å²) in [5.74, 6) is 0.594. The molecule has 0 amide bonds. The Morgan fingerprint density at radius 1 is 1.47 bits per heavy atom. The highest BCUT2D eigenvalue weighted by Gasteiger charge is 2.12. The second-order valence-electron chi connectivity index (χ2n) is 3.39. The fourth-order valence-corrected chi connectivity index (χ4v) is 1.80. The molecular weight excluding hydrogens is 192 g/mol. The van der Waals surface area contributed by atoms with Crippen molar-refractivity contribution in [3.63, 3.8) is 0 Å². The number of hydrogen-bond acceptors (Lipinski definition) is 3. The monoisotopic (exact) mass is 204 g/mol. The van der Waals surface area contributed by atoms with Gasteiger partial charge in [0.1, 0.15) is 5.75 Å². The number of nitrogen functional groups attached to an aromatic ring is 1. The van der Waals surface area contributed by atoms with Crippen molar-refractivity contribution in [2.75, 3.05) is 12.8 Å². The van der Waals surface area contributed by atoms with E-state index in [0.29, 0.717) is 17.0 Å². The molecule has 0 fully saturated rings. The minimum absolute atomic E-state index is 0.512. The molecule has 2 rings (SSSR count). The number of aromatic nitrogens is 1. The highest BCUT2D eigenvalue weighted by molar-refractivity contribution is 6.05. The van der Waals surface area contributed by atoms with Crippen molar-refractivity contribution in [1.82, 2.24) is 4.57 Å². The minimum Gasteiger partial charge on any atom is -0.495 e. The molecule has 0 aliphatic carbocycles. The Kier molecular flexibility index (Phi) is 2.11. The molecule has 0 unspecified atom stereocenters. The predicted octanol–water partition coefficient (Wildman–Crippen LogP) is 1.58. The number of aryl methyl sites for hydroxylation is 1. The summed E-state index contributed by atoms with van der Waals surface area (Å²) in [6.07, 6.45) is 2.56. The van der Waals surface area contributed by atoms with Crippen LogP contribution in [0.1, 0.15) is 10.4 Å². The SMILES string of the molecule is COc1ccc2c(c(C=O)cn2C)c1N. The van der Waals surface area contributed by atoms with Crippen LogP contribution in [0.3, 0.4) is 0 Å². The fraction of sp³-hybridized carbons (Fsp3) is 0.182. The molecule has 0 radical (unpaired) electrons. The fourth-order valence-electron chi connectivity index (χ4n) is 1.80. The van der Waals surface area contributed by atoms with Gasteiger partial charge in [0.15, 0.2) is 6.29 Å². The van der Waals surface area contributed by atoms with E-state index >= 15 is 0 Å². The molecule has 1 aromatic carbocycles. The number of aldehydes is 1. The third kappa shape index (κ3) is 1.26. The van der Waals surface area contributed by atoms with E-state index in [9.17, 15) is 4.79 Å². The van der Waals surface area contributed by atoms with E-state index in [1.54, 1.807) is 19.4 Å². The van der Waals surface area contributed by atoms with E-state index in [2.05, 4.69) is 0 Å². The van der Waals surface area contributed by atoms with E-state index in [0.717, 1.165) is 17.2 Å². The van der Waals surface area contributed by atoms with Crippen LogP contribution in [-0.2, 0) is 7.05 Å². The lowest BCUT2D eigenvalue weighted by atomic mass is 10.1. The summed E-state index contributed by atoms with van der Waals surface area (Å²) in [4.78, 5) is 10.9. The van der Waals surface area contributed by atoms with E-state index in [4.69, 9.17) is 10.5 Å². The van der Waals surface area contributed by atoms with Crippen LogP contribution in [-0.4, -0.2) is 18.0 Å². The number of nitrogens with two attached hydrogens (primary N) is 1. The molecule has 78 valence electrons. The molecule has 0 saturated carbocycles. The maximum absolute atomic E-state index is 10.9. The van der Waals surface area contributed by atoms with Crippen LogP contribution in [0.25, 0.3) is 10.9 Å². The molecule has 0 aliphatic heterocycles. The summed E-state index contributed by atoms with van der Waals surface area (Å²) >= 11 is 0. The van der Waals surface area contributed by atoms with Gasteiger partial charge in [-0.3, -0.25) is 4.79 Å². The van der Waals surface area contributed by atoms with Gasteiger partial charge in [0, 0.05) is 24.2 Å². The van der Waals surface area contributed by atoms with Crippen LogP contribution in [0.4, 0.5) is 5.69 Å². The molecule has 0 spiro atoms. The van der Waals surface area contributed by atoms with Crippen LogP contribution in [0.15, 0.2) is 18.3 Å². The lowest BCUT2D eigenvalue weighted by Crippen LogP contribution is -1.94. The standard InChI is InChI=1S/C11H12N2O2/c1-13-5-7(6-14)10-8(13)3-4-9(15-2)11(10)12/h3-6H,12H2,1-2H3. The quantitative estimate of drug-likeness (QED) is 0.597. The summed E-state index contributed by atoms with van der Waals surface area (Å²) in [6.45, 7) is 0. The van der Waals surface area contributed by atoms with Crippen molar-refractivity contribution in [3.05, 3.63) is 23.9 Å². The number of benzene rings is 1. The van der Waals surface area contributed by atoms with Crippen LogP contribution in [0, 0.1) is 0 Å². The first-order valence-electron chi connectivity index (χ1n) is 4.55. The van der Waals surface area contributed by atoms with Crippen LogP contribution >= 0.6 is 0 Å². The maximum atomic E-state index is 10.9. The van der Waals surface area contributed by atoms with Gasteiger partial charge in [0.2, 0.25) is 0 Å². The van der Waals surface area contributed by atoms with Crippen LogP contribution < -0.4 is 10.5 Å². The Balaban J connectivity index is 2.89. The Labute approximate surface area is 87.2 Å². The Morgan fingerprint density at radius 2 is 2.20 bits per heavy atom. The number of hydrogen-bond donors (Lipinski definition) is 1. The lowest BCUT2D eigenvalue weighted by molar-refractivity contribution is 0.112. The van der Waals surface area contributed by atoms with Gasteiger partial charge in [0.25, 0.3) is 0 Å². The average Bonchev–Trinajstić information content (AvgIpc) is 2.57. The predicted molar refractivity (Wildman–Crippen MR) is 59.3 cm³/mol. The first-order valence-corrected chi connectivity index (χ1v) is 4.55. The third-order valence-electron chi connectivity index (χ3n) is 2.53. The zero-order valence-corrected chi connectivity index (χ0v) is 8.65. The molecular formula is C11H12N2O2. The zero-order valence-electron chi connectivity index (χ0n) is 8.65. The molecule has 4 heteroatoms. The van der Waals surface area contributed by atoms with Gasteiger partial charge in [0.05, 0.1) is 18.3 Å². The number of carbonyl (C=O) groups is 1. The smallest absolute Gasteiger partial charge is 0.152 e. The van der Waals surface area contributed by atoms with Gasteiger partial charge in [-0.15, -0.1) is 0 Å². The minimum atomic E-state index is 0.512. The van der Waals surface area contributed by atoms with Crippen molar-refractivity contribution in [1.29, 1.82) is 0 Å². The highest BCUT2D eigenvalue weighted by atomic mass is 16.5. The average molecular weight is 204 g/mol. The topological polar surface area (TPSA) is 57.2 Å². The Morgan fingerprint density at radius 3 is 2.80 bits per heavy atom. The summed E-state index contributed by atoms with van der Waals surface area (Å²) in [6, 6.07) is 3.68. The molecule has 2 aromatic rings. The molecule has 1 heterocycles. The Bertz CT molecular complexity index is 529. The van der Waals surface area contributed by atoms with Crippen molar-refractivity contribution < 1.29 is 9.53 Å². The molecule has 0 saturated heterocycles. The van der Waals surface area contributed by atoms with Gasteiger partial charge in [-0.2, -0.15) is 0 Å². The number of methoxy groups -OCH3 is 1. The number of rotatable bonds is 2. The molecule has 0 atom stereocenters. The van der Waals surface area contributed by atoms with E-state index in [-0.39, 0.29) is 0 Å². The molecule has 1 aromatic heterocycles. The van der Waals surface area contributed by atoms with Crippen molar-refractivity contribution in [2.24, 2.45) is 7.05 Å². The molecule has 4 nitrogen and oxygen atoms in total. The molecule has 0 aliphatic rings. The maximum Gasteiger partial charge on any atom is 0.152 e. The lowest BCUT2D eigenvalue weighted by Gasteiger charge is -2.06. The van der Waals surface area contributed by atoms with Gasteiger partial charge >= 0.3 is 0 Å². The number of anilines is 1. The summed E-state index contributed by atoms with van der Waals surface area (Å²) in [5.41, 5.74) is 7.95. The van der Waals surface area contributed by atoms with Gasteiger partial charge in [-0.05, 0) is 12.1 Å². The number of carbonyl (C=O) groups excluding carboxylic acids is 1. The van der Waals surface area contributed by atoms with Gasteiger partial charge < -0.3 is 15.0 Å². The normalized spacial score (nSPS) is 10.5. The number of nitrogens with zero attached hydrogens (tertiary/aromatic N) is 1. The second-order valence-corrected chi connectivity index (χ2v) is 3.39. The summed E-state index contributed by atoms with van der Waals surface area (Å²) < 4.78 is 6.98. The van der Waals surface area contributed by atoms with Crippen LogP contribution in [0.2, 0.25) is 0 Å². The molecule has 2 N–H and O–H groups in total. The van der Waals surface area contributed by atoms with Gasteiger partial charge in [-0.25, -0.2) is 0 Å². The van der Waals surface area contributed by atoms with Crippen molar-refractivity contribution >= 4 is 22.9 Å². The van der Waals surface area contributed by atoms with Crippen molar-refractivity contribution in [2.45, 2.75) is 0 Å². The Hall–Kier alpha value is -1.97. The van der Waals surface area contributed by atoms with Gasteiger partial charge in [-0.1, -0.05) is 0 Å². The first-order chi connectivity index (χ1) is 7.19. The zero-order chi connectivity index (χ0) is 11.0. The highest BCUT2D eigenvalue weighted by Crippen LogP contribution is 2.32. The number of fused-ring (bicyclic) bond motifs is 1. The number of ether oxygens (including phenoxy) is 1. The second kappa shape index (κ2) is 3.31. The summed E-state index contributed by atoms with van der Waals surface area (Å²) in [7, 11) is 3.43. The van der Waals surface area contributed by atoms with E-state index < -0.39 is 0 Å². The van der Waals surface area contributed by atoms with E-state index in [1.165, 1.54) is 0 Å². The van der Waals surface area contributed by atoms with Crippen molar-refractivity contribution in [3.8, 4) is 5.75 Å². The largest absolute Gasteiger partial charge is 0.495 e. The first kappa shape index (κ1) is 9.58. The summed E-state index contributed by atoms with van der Waals surface area (Å²) in [5, 5.41) is 0.756.